The molecule has 2 nitrogen and oxygen atoms in total. The van der Waals surface area contributed by atoms with Crippen molar-refractivity contribution >= 4 is 11.8 Å². The molecule has 0 aromatic rings. The molecule has 0 aromatic carbocycles. The quantitative estimate of drug-likeness (QED) is 0.567. The molecule has 0 aliphatic heterocycles. The van der Waals surface area contributed by atoms with E-state index < -0.39 is 0 Å². The van der Waals surface area contributed by atoms with Crippen molar-refractivity contribution in [3.63, 3.8) is 0 Å². The maximum atomic E-state index is 5.62. The minimum absolute atomic E-state index is 0.428. The minimum atomic E-state index is 0.428. The van der Waals surface area contributed by atoms with Gasteiger partial charge in [-0.15, -0.1) is 0 Å². The monoisotopic (exact) mass is 247 g/mol. The van der Waals surface area contributed by atoms with Gasteiger partial charge in [-0.2, -0.15) is 11.8 Å². The van der Waals surface area contributed by atoms with E-state index in [0.29, 0.717) is 6.10 Å². The smallest absolute Gasteiger partial charge is 0.0544 e. The Morgan fingerprint density at radius 2 is 1.94 bits per heavy atom. The third-order valence-electron chi connectivity index (χ3n) is 2.39. The molecule has 0 saturated carbocycles. The van der Waals surface area contributed by atoms with Gasteiger partial charge in [-0.25, -0.2) is 0 Å². The van der Waals surface area contributed by atoms with E-state index in [1.807, 2.05) is 11.8 Å². The van der Waals surface area contributed by atoms with E-state index >= 15 is 0 Å². The van der Waals surface area contributed by atoms with Gasteiger partial charge in [0, 0.05) is 18.9 Å². The minimum Gasteiger partial charge on any atom is -0.378 e. The van der Waals surface area contributed by atoms with E-state index in [0.717, 1.165) is 32.0 Å². The first-order chi connectivity index (χ1) is 7.66. The maximum absolute atomic E-state index is 5.62. The Morgan fingerprint density at radius 3 is 2.56 bits per heavy atom. The third kappa shape index (κ3) is 12.3. The van der Waals surface area contributed by atoms with E-state index in [-0.39, 0.29) is 0 Å². The topological polar surface area (TPSA) is 21.3 Å². The number of nitrogens with one attached hydrogen (secondary N) is 1. The van der Waals surface area contributed by atoms with Crippen LogP contribution in [0.15, 0.2) is 0 Å². The van der Waals surface area contributed by atoms with Gasteiger partial charge in [-0.3, -0.25) is 0 Å². The van der Waals surface area contributed by atoms with Gasteiger partial charge in [0.05, 0.1) is 6.10 Å². The molecule has 0 aliphatic carbocycles. The second-order valence-electron chi connectivity index (χ2n) is 4.65. The molecule has 0 bridgehead atoms. The average Bonchev–Trinajstić information content (AvgIpc) is 2.26. The van der Waals surface area contributed by atoms with Crippen molar-refractivity contribution in [1.29, 1.82) is 0 Å². The molecule has 1 atom stereocenters. The van der Waals surface area contributed by atoms with Crippen molar-refractivity contribution in [1.82, 2.24) is 5.32 Å². The van der Waals surface area contributed by atoms with Crippen LogP contribution in [0.25, 0.3) is 0 Å². The van der Waals surface area contributed by atoms with Crippen LogP contribution in [0.2, 0.25) is 0 Å². The fourth-order valence-electron chi connectivity index (χ4n) is 1.20. The Kier molecular flexibility index (Phi) is 11.9. The molecule has 0 amide bonds. The maximum Gasteiger partial charge on any atom is 0.0544 e. The summed E-state index contributed by atoms with van der Waals surface area (Å²) in [5, 5.41) is 3.45. The molecule has 98 valence electrons. The fourth-order valence-corrected chi connectivity index (χ4v) is 2.02. The van der Waals surface area contributed by atoms with Gasteiger partial charge in [-0.05, 0) is 38.0 Å². The summed E-state index contributed by atoms with van der Waals surface area (Å²) in [5.74, 6) is 3.20. The molecule has 0 aromatic heterocycles. The van der Waals surface area contributed by atoms with Crippen molar-refractivity contribution < 1.29 is 4.74 Å². The van der Waals surface area contributed by atoms with Crippen molar-refractivity contribution in [3.8, 4) is 0 Å². The molecule has 3 heteroatoms. The van der Waals surface area contributed by atoms with Crippen LogP contribution in [-0.4, -0.2) is 37.3 Å². The molecule has 1 N–H and O–H groups in total. The highest BCUT2D eigenvalue weighted by Crippen LogP contribution is 2.03. The van der Waals surface area contributed by atoms with Crippen molar-refractivity contribution in [2.24, 2.45) is 5.92 Å². The first-order valence-corrected chi connectivity index (χ1v) is 7.72. The Bertz CT molecular complexity index is 142. The highest BCUT2D eigenvalue weighted by atomic mass is 32.2. The van der Waals surface area contributed by atoms with Gasteiger partial charge in [-0.1, -0.05) is 20.8 Å². The summed E-state index contributed by atoms with van der Waals surface area (Å²) in [4.78, 5) is 0. The molecule has 0 rings (SSSR count). The van der Waals surface area contributed by atoms with E-state index in [1.165, 1.54) is 17.9 Å². The molecule has 0 saturated heterocycles. The van der Waals surface area contributed by atoms with Crippen LogP contribution in [-0.2, 0) is 4.74 Å². The molecule has 1 unspecified atom stereocenters. The SMILES string of the molecule is CCC(C)OCCCSCCNCC(C)C. The molecule has 0 fully saturated rings. The number of hydrogen-bond acceptors (Lipinski definition) is 3. The largest absolute Gasteiger partial charge is 0.378 e. The highest BCUT2D eigenvalue weighted by molar-refractivity contribution is 7.99. The van der Waals surface area contributed by atoms with E-state index in [1.54, 1.807) is 0 Å². The van der Waals surface area contributed by atoms with Gasteiger partial charge >= 0.3 is 0 Å². The lowest BCUT2D eigenvalue weighted by Gasteiger charge is -2.10. The summed E-state index contributed by atoms with van der Waals surface area (Å²) in [6.45, 7) is 12.0. The highest BCUT2D eigenvalue weighted by Gasteiger charge is 1.97. The summed E-state index contributed by atoms with van der Waals surface area (Å²) < 4.78 is 5.62. The summed E-state index contributed by atoms with van der Waals surface area (Å²) >= 11 is 2.02. The first-order valence-electron chi connectivity index (χ1n) is 6.56. The fraction of sp³-hybridized carbons (Fsp3) is 1.00. The molecular weight excluding hydrogens is 218 g/mol. The molecule has 16 heavy (non-hydrogen) atoms. The number of rotatable bonds is 11. The summed E-state index contributed by atoms with van der Waals surface area (Å²) in [6, 6.07) is 0. The van der Waals surface area contributed by atoms with Crippen LogP contribution < -0.4 is 5.32 Å². The standard InChI is InChI=1S/C13H29NOS/c1-5-13(4)15-8-6-9-16-10-7-14-11-12(2)3/h12-14H,5-11H2,1-4H3. The van der Waals surface area contributed by atoms with Crippen molar-refractivity contribution in [2.75, 3.05) is 31.2 Å². The summed E-state index contributed by atoms with van der Waals surface area (Å²) in [7, 11) is 0. The zero-order valence-electron chi connectivity index (χ0n) is 11.4. The van der Waals surface area contributed by atoms with Gasteiger partial charge in [0.15, 0.2) is 0 Å². The van der Waals surface area contributed by atoms with Gasteiger partial charge in [0.1, 0.15) is 0 Å². The molecule has 0 radical (unpaired) electrons. The van der Waals surface area contributed by atoms with Gasteiger partial charge in [0.25, 0.3) is 0 Å². The van der Waals surface area contributed by atoms with Gasteiger partial charge < -0.3 is 10.1 Å². The molecule has 0 heterocycles. The second-order valence-corrected chi connectivity index (χ2v) is 5.88. The summed E-state index contributed by atoms with van der Waals surface area (Å²) in [5.41, 5.74) is 0. The lowest BCUT2D eigenvalue weighted by Crippen LogP contribution is -2.22. The van der Waals surface area contributed by atoms with E-state index in [9.17, 15) is 0 Å². The van der Waals surface area contributed by atoms with E-state index in [2.05, 4.69) is 33.0 Å². The molecule has 0 aliphatic rings. The average molecular weight is 247 g/mol. The lowest BCUT2D eigenvalue weighted by atomic mass is 10.2. The Labute approximate surface area is 106 Å². The van der Waals surface area contributed by atoms with Crippen LogP contribution in [0.1, 0.15) is 40.5 Å². The molecular formula is C13H29NOS. The van der Waals surface area contributed by atoms with E-state index in [4.69, 9.17) is 4.74 Å². The Hall–Kier alpha value is 0.270. The van der Waals surface area contributed by atoms with Crippen LogP contribution in [0.4, 0.5) is 0 Å². The predicted molar refractivity (Wildman–Crippen MR) is 75.4 cm³/mol. The van der Waals surface area contributed by atoms with Crippen LogP contribution in [0, 0.1) is 5.92 Å². The Morgan fingerprint density at radius 1 is 1.19 bits per heavy atom. The van der Waals surface area contributed by atoms with Gasteiger partial charge in [0.2, 0.25) is 0 Å². The normalized spacial score (nSPS) is 13.3. The van der Waals surface area contributed by atoms with Crippen molar-refractivity contribution in [2.45, 2.75) is 46.6 Å². The number of thioether (sulfide) groups is 1. The number of ether oxygens (including phenoxy) is 1. The lowest BCUT2D eigenvalue weighted by molar-refractivity contribution is 0.0647. The summed E-state index contributed by atoms with van der Waals surface area (Å²) in [6.07, 6.45) is 2.73. The number of hydrogen-bond donors (Lipinski definition) is 1. The van der Waals surface area contributed by atoms with Crippen LogP contribution in [0.3, 0.4) is 0 Å². The molecule has 0 spiro atoms. The zero-order chi connectivity index (χ0) is 12.2. The third-order valence-corrected chi connectivity index (χ3v) is 3.46. The van der Waals surface area contributed by atoms with Crippen LogP contribution >= 0.6 is 11.8 Å². The Balaban J connectivity index is 2.99. The van der Waals surface area contributed by atoms with Crippen molar-refractivity contribution in [3.05, 3.63) is 0 Å². The predicted octanol–water partition coefficient (Wildman–Crippen LogP) is 3.17. The second kappa shape index (κ2) is 11.7. The first kappa shape index (κ1) is 16.3. The zero-order valence-corrected chi connectivity index (χ0v) is 12.2. The van der Waals surface area contributed by atoms with Crippen LogP contribution in [0.5, 0.6) is 0 Å².